The van der Waals surface area contributed by atoms with Crippen molar-refractivity contribution in [3.05, 3.63) is 34.9 Å². The second-order valence-corrected chi connectivity index (χ2v) is 10.4. The Morgan fingerprint density at radius 2 is 1.59 bits per heavy atom. The summed E-state index contributed by atoms with van der Waals surface area (Å²) in [6.45, 7) is 0.137. The van der Waals surface area contributed by atoms with Gasteiger partial charge in [-0.15, -0.1) is 0 Å². The summed E-state index contributed by atoms with van der Waals surface area (Å²) in [5.74, 6) is -1.61. The van der Waals surface area contributed by atoms with E-state index in [1.807, 2.05) is 0 Å². The van der Waals surface area contributed by atoms with Gasteiger partial charge in [0.1, 0.15) is 6.04 Å². The molecule has 0 spiro atoms. The monoisotopic (exact) mass is 486 g/mol. The van der Waals surface area contributed by atoms with Crippen LogP contribution in [0.3, 0.4) is 0 Å². The second kappa shape index (κ2) is 8.50. The molecular weight excluding hydrogens is 464 g/mol. The lowest BCUT2D eigenvalue weighted by atomic mass is 10.1. The molecule has 1 aromatic rings. The average Bonchev–Trinajstić information content (AvgIpc) is 3.07. The van der Waals surface area contributed by atoms with Gasteiger partial charge < -0.3 is 15.1 Å². The summed E-state index contributed by atoms with van der Waals surface area (Å²) in [5, 5.41) is 19.7. The SMILES string of the molecule is O=C(O)[C@@H]1[C@@H]2CC[C@H](CN1S(=O)(=O)N1CCN(C(=O)c3ccc(Cl)cc3)CC1)N2C(=O)O. The lowest BCUT2D eigenvalue weighted by molar-refractivity contribution is -0.145. The molecule has 1 aromatic carbocycles. The summed E-state index contributed by atoms with van der Waals surface area (Å²) < 4.78 is 28.8. The largest absolute Gasteiger partial charge is 0.480 e. The van der Waals surface area contributed by atoms with Crippen molar-refractivity contribution < 1.29 is 33.0 Å². The molecule has 0 aromatic heterocycles. The number of aliphatic carboxylic acids is 1. The standard InChI is InChI=1S/C19H23ClN4O7S/c20-13-3-1-12(2-4-13)17(25)21-7-9-22(10-8-21)32(30,31)23-11-14-5-6-15(16(23)18(26)27)24(14)19(28)29/h1-4,14-16H,5-11H2,(H,26,27)(H,28,29)/t14-,15+,16+/m1/s1. The number of nitrogens with zero attached hydrogens (tertiary/aromatic N) is 4. The summed E-state index contributed by atoms with van der Waals surface area (Å²) in [4.78, 5) is 38.8. The third-order valence-electron chi connectivity index (χ3n) is 6.33. The van der Waals surface area contributed by atoms with Crippen LogP contribution in [0.1, 0.15) is 23.2 Å². The summed E-state index contributed by atoms with van der Waals surface area (Å²) >= 11 is 5.85. The highest BCUT2D eigenvalue weighted by atomic mass is 35.5. The first-order valence-corrected chi connectivity index (χ1v) is 11.9. The van der Waals surface area contributed by atoms with Crippen molar-refractivity contribution in [2.45, 2.75) is 31.0 Å². The van der Waals surface area contributed by atoms with Gasteiger partial charge in [-0.3, -0.25) is 14.5 Å². The van der Waals surface area contributed by atoms with Gasteiger partial charge in [-0.1, -0.05) is 11.6 Å². The zero-order valence-corrected chi connectivity index (χ0v) is 18.6. The second-order valence-electron chi connectivity index (χ2n) is 8.05. The number of carbonyl (C=O) groups excluding carboxylic acids is 1. The fourth-order valence-electron chi connectivity index (χ4n) is 4.78. The Morgan fingerprint density at radius 3 is 2.16 bits per heavy atom. The van der Waals surface area contributed by atoms with Crippen LogP contribution in [0.15, 0.2) is 24.3 Å². The first-order chi connectivity index (χ1) is 15.1. The summed E-state index contributed by atoms with van der Waals surface area (Å²) in [7, 11) is -4.16. The van der Waals surface area contributed by atoms with Crippen LogP contribution in [0.2, 0.25) is 5.02 Å². The molecule has 2 amide bonds. The molecule has 0 radical (unpaired) electrons. The van der Waals surface area contributed by atoms with Crippen molar-refractivity contribution in [1.29, 1.82) is 0 Å². The van der Waals surface area contributed by atoms with E-state index in [0.29, 0.717) is 23.4 Å². The van der Waals surface area contributed by atoms with Gasteiger partial charge in [-0.05, 0) is 37.1 Å². The molecule has 3 atom stereocenters. The topological polar surface area (TPSA) is 139 Å². The van der Waals surface area contributed by atoms with Crippen molar-refractivity contribution in [3.63, 3.8) is 0 Å². The minimum atomic E-state index is -4.16. The normalized spacial score (nSPS) is 26.8. The predicted molar refractivity (Wildman–Crippen MR) is 113 cm³/mol. The van der Waals surface area contributed by atoms with E-state index in [4.69, 9.17) is 11.6 Å². The smallest absolute Gasteiger partial charge is 0.407 e. The van der Waals surface area contributed by atoms with E-state index < -0.39 is 40.4 Å². The molecule has 3 saturated heterocycles. The van der Waals surface area contributed by atoms with Crippen LogP contribution in [-0.4, -0.2) is 106 Å². The number of halogens is 1. The van der Waals surface area contributed by atoms with E-state index in [1.54, 1.807) is 24.3 Å². The van der Waals surface area contributed by atoms with Crippen LogP contribution in [-0.2, 0) is 15.0 Å². The molecule has 11 nitrogen and oxygen atoms in total. The molecule has 13 heteroatoms. The highest BCUT2D eigenvalue weighted by Crippen LogP contribution is 2.36. The van der Waals surface area contributed by atoms with Crippen molar-refractivity contribution in [2.24, 2.45) is 0 Å². The molecule has 2 bridgehead atoms. The number of hydrogen-bond donors (Lipinski definition) is 2. The van der Waals surface area contributed by atoms with Crippen LogP contribution in [0.25, 0.3) is 0 Å². The molecule has 32 heavy (non-hydrogen) atoms. The van der Waals surface area contributed by atoms with E-state index in [-0.39, 0.29) is 38.6 Å². The van der Waals surface area contributed by atoms with Gasteiger partial charge in [0, 0.05) is 49.4 Å². The van der Waals surface area contributed by atoms with E-state index in [2.05, 4.69) is 0 Å². The van der Waals surface area contributed by atoms with Gasteiger partial charge in [-0.25, -0.2) is 4.79 Å². The Balaban J connectivity index is 1.48. The highest BCUT2D eigenvalue weighted by molar-refractivity contribution is 7.86. The molecule has 174 valence electrons. The molecule has 0 unspecified atom stereocenters. The number of benzene rings is 1. The first kappa shape index (κ1) is 22.8. The molecular formula is C19H23ClN4O7S. The Hall–Kier alpha value is -2.41. The Bertz CT molecular complexity index is 1030. The number of amides is 2. The molecule has 3 heterocycles. The summed E-state index contributed by atoms with van der Waals surface area (Å²) in [6, 6.07) is 3.43. The van der Waals surface area contributed by atoms with Crippen LogP contribution in [0.5, 0.6) is 0 Å². The van der Waals surface area contributed by atoms with Gasteiger partial charge in [0.25, 0.3) is 16.1 Å². The molecule has 4 rings (SSSR count). The van der Waals surface area contributed by atoms with Gasteiger partial charge in [0.15, 0.2) is 0 Å². The van der Waals surface area contributed by atoms with Crippen LogP contribution in [0, 0.1) is 0 Å². The summed E-state index contributed by atoms with van der Waals surface area (Å²) in [6.07, 6.45) is -0.533. The number of carboxylic acids is 1. The third-order valence-corrected chi connectivity index (χ3v) is 8.56. The Labute approximate surface area is 189 Å². The minimum absolute atomic E-state index is 0.0163. The van der Waals surface area contributed by atoms with Gasteiger partial charge in [-0.2, -0.15) is 17.0 Å². The molecule has 3 aliphatic rings. The highest BCUT2D eigenvalue weighted by Gasteiger charge is 2.55. The lowest BCUT2D eigenvalue weighted by Crippen LogP contribution is -2.67. The number of carbonyl (C=O) groups is 3. The zero-order valence-electron chi connectivity index (χ0n) is 17.0. The number of piperazine rings is 2. The van der Waals surface area contributed by atoms with Crippen molar-refractivity contribution in [2.75, 3.05) is 32.7 Å². The molecule has 0 aliphatic carbocycles. The molecule has 3 fully saturated rings. The van der Waals surface area contributed by atoms with E-state index in [1.165, 1.54) is 9.21 Å². The van der Waals surface area contributed by atoms with Crippen molar-refractivity contribution >= 4 is 39.8 Å². The quantitative estimate of drug-likeness (QED) is 0.636. The molecule has 3 aliphatic heterocycles. The van der Waals surface area contributed by atoms with E-state index in [9.17, 15) is 33.0 Å². The summed E-state index contributed by atoms with van der Waals surface area (Å²) in [5.41, 5.74) is 0.443. The van der Waals surface area contributed by atoms with Crippen LogP contribution in [0.4, 0.5) is 4.79 Å². The van der Waals surface area contributed by atoms with Crippen LogP contribution < -0.4 is 0 Å². The van der Waals surface area contributed by atoms with Crippen LogP contribution >= 0.6 is 11.6 Å². The minimum Gasteiger partial charge on any atom is -0.480 e. The number of hydrogen-bond acceptors (Lipinski definition) is 5. The number of carboxylic acid groups (broad SMARTS) is 2. The molecule has 2 N–H and O–H groups in total. The van der Waals surface area contributed by atoms with E-state index in [0.717, 1.165) is 9.21 Å². The zero-order chi connectivity index (χ0) is 23.2. The lowest BCUT2D eigenvalue weighted by Gasteiger charge is -2.45. The number of fused-ring (bicyclic) bond motifs is 2. The maximum Gasteiger partial charge on any atom is 0.407 e. The third kappa shape index (κ3) is 3.91. The number of rotatable bonds is 4. The first-order valence-electron chi connectivity index (χ1n) is 10.2. The molecule has 0 saturated carbocycles. The maximum absolute atomic E-state index is 13.3. The fourth-order valence-corrected chi connectivity index (χ4v) is 6.71. The van der Waals surface area contributed by atoms with Gasteiger partial charge >= 0.3 is 12.1 Å². The van der Waals surface area contributed by atoms with Gasteiger partial charge in [0.2, 0.25) is 0 Å². The van der Waals surface area contributed by atoms with Gasteiger partial charge in [0.05, 0.1) is 6.04 Å². The van der Waals surface area contributed by atoms with E-state index >= 15 is 0 Å². The fraction of sp³-hybridized carbons (Fsp3) is 0.526. The van der Waals surface area contributed by atoms with Crippen molar-refractivity contribution in [1.82, 2.24) is 18.4 Å². The average molecular weight is 487 g/mol. The Morgan fingerprint density at radius 1 is 0.969 bits per heavy atom. The maximum atomic E-state index is 13.3. The Kier molecular flexibility index (Phi) is 6.05. The van der Waals surface area contributed by atoms with Crippen molar-refractivity contribution in [3.8, 4) is 0 Å². The predicted octanol–water partition coefficient (Wildman–Crippen LogP) is 0.622.